The number of methoxy groups -OCH3 is 2. The zero-order valence-electron chi connectivity index (χ0n) is 11.2. The van der Waals surface area contributed by atoms with Gasteiger partial charge >= 0.3 is 0 Å². The van der Waals surface area contributed by atoms with Crippen LogP contribution < -0.4 is 15.2 Å². The average Bonchev–Trinajstić information content (AvgIpc) is 2.45. The molecule has 0 aliphatic heterocycles. The monoisotopic (exact) mass is 310 g/mol. The van der Waals surface area contributed by atoms with E-state index in [-0.39, 0.29) is 0 Å². The van der Waals surface area contributed by atoms with Crippen LogP contribution in [0.5, 0.6) is 11.5 Å². The van der Waals surface area contributed by atoms with Crippen LogP contribution in [0.2, 0.25) is 5.02 Å². The van der Waals surface area contributed by atoms with E-state index in [0.29, 0.717) is 28.0 Å². The maximum Gasteiger partial charge on any atom is 0.183 e. The molecule has 0 saturated carbocycles. The fraction of sp³-hybridized carbons (Fsp3) is 0.214. The Morgan fingerprint density at radius 3 is 2.70 bits per heavy atom. The van der Waals surface area contributed by atoms with E-state index in [2.05, 4.69) is 4.98 Å². The molecule has 0 amide bonds. The fourth-order valence-corrected chi connectivity index (χ4v) is 2.95. The number of hydrogen-bond acceptors (Lipinski definition) is 5. The van der Waals surface area contributed by atoms with E-state index >= 15 is 0 Å². The Labute approximate surface area is 127 Å². The summed E-state index contributed by atoms with van der Waals surface area (Å²) < 4.78 is 10.6. The molecule has 0 aliphatic carbocycles. The molecule has 0 radical (unpaired) electrons. The Kier molecular flexibility index (Phi) is 4.98. The van der Waals surface area contributed by atoms with Crippen LogP contribution >= 0.6 is 23.4 Å². The van der Waals surface area contributed by atoms with Crippen LogP contribution in [0, 0.1) is 0 Å². The van der Waals surface area contributed by atoms with Gasteiger partial charge in [-0.25, -0.2) is 0 Å². The predicted molar refractivity (Wildman–Crippen MR) is 82.8 cm³/mol. The topological polar surface area (TPSA) is 57.4 Å². The molecule has 106 valence electrons. The molecule has 1 heterocycles. The summed E-state index contributed by atoms with van der Waals surface area (Å²) in [7, 11) is 3.20. The van der Waals surface area contributed by atoms with Crippen molar-refractivity contribution in [1.29, 1.82) is 0 Å². The summed E-state index contributed by atoms with van der Waals surface area (Å²) in [6.45, 7) is 0. The van der Waals surface area contributed by atoms with Crippen molar-refractivity contribution in [3.63, 3.8) is 0 Å². The van der Waals surface area contributed by atoms with Gasteiger partial charge in [0.05, 0.1) is 24.9 Å². The molecule has 4 nitrogen and oxygen atoms in total. The fourth-order valence-electron chi connectivity index (χ4n) is 1.73. The number of nitrogens with zero attached hydrogens (tertiary/aromatic N) is 1. The summed E-state index contributed by atoms with van der Waals surface area (Å²) in [5.74, 6) is 1.94. The van der Waals surface area contributed by atoms with E-state index in [1.54, 1.807) is 44.3 Å². The zero-order valence-corrected chi connectivity index (χ0v) is 12.8. The maximum absolute atomic E-state index is 6.15. The van der Waals surface area contributed by atoms with Gasteiger partial charge < -0.3 is 15.2 Å². The van der Waals surface area contributed by atoms with Crippen molar-refractivity contribution in [3.05, 3.63) is 41.2 Å². The number of nitrogens with two attached hydrogens (primary N) is 1. The van der Waals surface area contributed by atoms with Crippen LogP contribution in [0.4, 0.5) is 5.69 Å². The maximum atomic E-state index is 6.15. The van der Waals surface area contributed by atoms with Gasteiger partial charge in [-0.2, -0.15) is 0 Å². The van der Waals surface area contributed by atoms with E-state index in [0.717, 1.165) is 10.6 Å². The first-order valence-corrected chi connectivity index (χ1v) is 7.25. The lowest BCUT2D eigenvalue weighted by Gasteiger charge is -2.11. The average molecular weight is 311 g/mol. The van der Waals surface area contributed by atoms with Crippen LogP contribution in [0.1, 0.15) is 5.69 Å². The minimum absolute atomic E-state index is 0.629. The first kappa shape index (κ1) is 14.8. The smallest absolute Gasteiger partial charge is 0.183 e. The van der Waals surface area contributed by atoms with Crippen LogP contribution in [0.25, 0.3) is 0 Å². The molecule has 0 fully saturated rings. The van der Waals surface area contributed by atoms with Gasteiger partial charge in [0.1, 0.15) is 0 Å². The third kappa shape index (κ3) is 3.29. The second kappa shape index (κ2) is 6.72. The van der Waals surface area contributed by atoms with E-state index < -0.39 is 0 Å². The van der Waals surface area contributed by atoms with Crippen LogP contribution in [0.15, 0.2) is 35.4 Å². The Hall–Kier alpha value is -1.59. The summed E-state index contributed by atoms with van der Waals surface area (Å²) in [6.07, 6.45) is 1.70. The Morgan fingerprint density at radius 2 is 2.05 bits per heavy atom. The standard InChI is InChI=1S/C14H15ClN2O2S/c1-18-12-5-6-17-11(14(12)19-2)8-20-13-4-3-9(16)7-10(13)15/h3-7H,8,16H2,1-2H3. The number of aromatic nitrogens is 1. The zero-order chi connectivity index (χ0) is 14.5. The molecule has 2 N–H and O–H groups in total. The van der Waals surface area contributed by atoms with Crippen LogP contribution in [-0.2, 0) is 5.75 Å². The molecule has 1 aromatic heterocycles. The number of rotatable bonds is 5. The van der Waals surface area contributed by atoms with Crippen molar-refractivity contribution in [2.45, 2.75) is 10.6 Å². The first-order chi connectivity index (χ1) is 9.65. The molecule has 0 bridgehead atoms. The first-order valence-electron chi connectivity index (χ1n) is 5.89. The number of anilines is 1. The second-order valence-corrected chi connectivity index (χ2v) is 5.40. The van der Waals surface area contributed by atoms with E-state index in [4.69, 9.17) is 26.8 Å². The quantitative estimate of drug-likeness (QED) is 0.675. The SMILES string of the molecule is COc1ccnc(CSc2ccc(N)cc2Cl)c1OC. The molecular weight excluding hydrogens is 296 g/mol. The van der Waals surface area contributed by atoms with Crippen molar-refractivity contribution < 1.29 is 9.47 Å². The van der Waals surface area contributed by atoms with Gasteiger partial charge in [-0.05, 0) is 18.2 Å². The predicted octanol–water partition coefficient (Wildman–Crippen LogP) is 3.63. The molecule has 0 atom stereocenters. The number of nitrogen functional groups attached to an aromatic ring is 1. The largest absolute Gasteiger partial charge is 0.493 e. The highest BCUT2D eigenvalue weighted by molar-refractivity contribution is 7.98. The summed E-state index contributed by atoms with van der Waals surface area (Å²) in [5.41, 5.74) is 7.14. The van der Waals surface area contributed by atoms with Crippen molar-refractivity contribution in [2.24, 2.45) is 0 Å². The number of hydrogen-bond donors (Lipinski definition) is 1. The second-order valence-electron chi connectivity index (χ2n) is 3.97. The normalized spacial score (nSPS) is 10.3. The lowest BCUT2D eigenvalue weighted by molar-refractivity contribution is 0.350. The van der Waals surface area contributed by atoms with Crippen molar-refractivity contribution in [3.8, 4) is 11.5 Å². The molecule has 2 rings (SSSR count). The van der Waals surface area contributed by atoms with E-state index in [9.17, 15) is 0 Å². The number of halogens is 1. The van der Waals surface area contributed by atoms with E-state index in [1.165, 1.54) is 0 Å². The summed E-state index contributed by atoms with van der Waals surface area (Å²) in [5, 5.41) is 0.636. The van der Waals surface area contributed by atoms with Gasteiger partial charge in [-0.15, -0.1) is 11.8 Å². The van der Waals surface area contributed by atoms with Crippen molar-refractivity contribution in [1.82, 2.24) is 4.98 Å². The van der Waals surface area contributed by atoms with Gasteiger partial charge in [-0.1, -0.05) is 11.6 Å². The lowest BCUT2D eigenvalue weighted by Crippen LogP contribution is -1.97. The van der Waals surface area contributed by atoms with Crippen molar-refractivity contribution >= 4 is 29.1 Å². The van der Waals surface area contributed by atoms with Crippen LogP contribution in [0.3, 0.4) is 0 Å². The van der Waals surface area contributed by atoms with Crippen molar-refractivity contribution in [2.75, 3.05) is 20.0 Å². The minimum Gasteiger partial charge on any atom is -0.493 e. The summed E-state index contributed by atoms with van der Waals surface area (Å²) >= 11 is 7.72. The molecule has 0 spiro atoms. The summed E-state index contributed by atoms with van der Waals surface area (Å²) in [4.78, 5) is 5.28. The number of benzene rings is 1. The van der Waals surface area contributed by atoms with Gasteiger partial charge in [0.2, 0.25) is 0 Å². The number of ether oxygens (including phenoxy) is 2. The molecule has 1 aromatic carbocycles. The van der Waals surface area contributed by atoms with Crippen LogP contribution in [-0.4, -0.2) is 19.2 Å². The highest BCUT2D eigenvalue weighted by atomic mass is 35.5. The van der Waals surface area contributed by atoms with Gasteiger partial charge in [-0.3, -0.25) is 4.98 Å². The Balaban J connectivity index is 2.18. The molecule has 2 aromatic rings. The lowest BCUT2D eigenvalue weighted by atomic mass is 10.3. The number of thioether (sulfide) groups is 1. The minimum atomic E-state index is 0.629. The highest BCUT2D eigenvalue weighted by Crippen LogP contribution is 2.35. The summed E-state index contributed by atoms with van der Waals surface area (Å²) in [6, 6.07) is 7.22. The number of pyridine rings is 1. The third-order valence-electron chi connectivity index (χ3n) is 2.69. The third-order valence-corrected chi connectivity index (χ3v) is 4.20. The molecule has 0 saturated heterocycles. The Morgan fingerprint density at radius 1 is 1.25 bits per heavy atom. The Bertz CT molecular complexity index is 608. The molecule has 0 unspecified atom stereocenters. The molecule has 0 aliphatic rings. The van der Waals surface area contributed by atoms with Gasteiger partial charge in [0.25, 0.3) is 0 Å². The van der Waals surface area contributed by atoms with Gasteiger partial charge in [0, 0.05) is 28.6 Å². The van der Waals surface area contributed by atoms with Gasteiger partial charge in [0.15, 0.2) is 11.5 Å². The molecular formula is C14H15ClN2O2S. The molecule has 6 heteroatoms. The van der Waals surface area contributed by atoms with E-state index in [1.807, 2.05) is 12.1 Å². The molecule has 20 heavy (non-hydrogen) atoms. The highest BCUT2D eigenvalue weighted by Gasteiger charge is 2.12.